The second-order valence-electron chi connectivity index (χ2n) is 2.75. The molecule has 1 fully saturated rings. The van der Waals surface area contributed by atoms with Gasteiger partial charge in [-0.25, -0.2) is 0 Å². The van der Waals surface area contributed by atoms with Gasteiger partial charge in [0.15, 0.2) is 5.11 Å². The smallest absolute Gasteiger partial charge is 0.276 e. The number of hydrogen-bond acceptors (Lipinski definition) is 2. The van der Waals surface area contributed by atoms with Gasteiger partial charge in [-0.2, -0.15) is 0 Å². The van der Waals surface area contributed by atoms with Crippen LogP contribution in [0.1, 0.15) is 20.8 Å². The SMILES string of the molecule is C/C=C1\C(=O)N(CC)C(=S)N1CC. The summed E-state index contributed by atoms with van der Waals surface area (Å²) >= 11 is 5.17. The first-order valence-corrected chi connectivity index (χ1v) is 4.87. The lowest BCUT2D eigenvalue weighted by atomic mass is 10.3. The molecular formula is C9H14N2OS. The highest BCUT2D eigenvalue weighted by Crippen LogP contribution is 2.20. The Morgan fingerprint density at radius 2 is 1.85 bits per heavy atom. The second kappa shape index (κ2) is 3.87. The highest BCUT2D eigenvalue weighted by atomic mass is 32.1. The maximum Gasteiger partial charge on any atom is 0.276 e. The summed E-state index contributed by atoms with van der Waals surface area (Å²) in [5.41, 5.74) is 0.703. The second-order valence-corrected chi connectivity index (χ2v) is 3.12. The van der Waals surface area contributed by atoms with E-state index < -0.39 is 0 Å². The molecule has 0 radical (unpaired) electrons. The number of carbonyl (C=O) groups excluding carboxylic acids is 1. The fraction of sp³-hybridized carbons (Fsp3) is 0.556. The summed E-state index contributed by atoms with van der Waals surface area (Å²) in [4.78, 5) is 15.2. The van der Waals surface area contributed by atoms with Crippen molar-refractivity contribution in [2.45, 2.75) is 20.8 Å². The molecule has 0 atom stereocenters. The number of nitrogens with zero attached hydrogens (tertiary/aromatic N) is 2. The molecule has 0 unspecified atom stereocenters. The Kier molecular flexibility index (Phi) is 3.03. The Morgan fingerprint density at radius 1 is 1.31 bits per heavy atom. The molecule has 0 aromatic heterocycles. The summed E-state index contributed by atoms with van der Waals surface area (Å²) in [6.45, 7) is 7.17. The summed E-state index contributed by atoms with van der Waals surface area (Å²) in [6, 6.07) is 0. The van der Waals surface area contributed by atoms with E-state index in [0.29, 0.717) is 17.4 Å². The standard InChI is InChI=1S/C9H14N2OS/c1-4-7-8(12)11(6-3)9(13)10(7)5-2/h4H,5-6H2,1-3H3/b7-4+. The number of allylic oxidation sites excluding steroid dienone is 1. The molecule has 0 spiro atoms. The minimum absolute atomic E-state index is 0.0249. The Labute approximate surface area is 84.0 Å². The fourth-order valence-corrected chi connectivity index (χ4v) is 1.89. The molecule has 0 saturated carbocycles. The van der Waals surface area contributed by atoms with E-state index in [2.05, 4.69) is 0 Å². The Morgan fingerprint density at radius 3 is 2.15 bits per heavy atom. The van der Waals surface area contributed by atoms with Crippen molar-refractivity contribution in [2.24, 2.45) is 0 Å². The molecule has 1 heterocycles. The van der Waals surface area contributed by atoms with Crippen LogP contribution in [-0.2, 0) is 4.79 Å². The molecule has 1 saturated heterocycles. The number of carbonyl (C=O) groups is 1. The van der Waals surface area contributed by atoms with Gasteiger partial charge in [0, 0.05) is 13.1 Å². The zero-order chi connectivity index (χ0) is 10.0. The minimum atomic E-state index is 0.0249. The molecule has 1 aliphatic rings. The topological polar surface area (TPSA) is 23.6 Å². The van der Waals surface area contributed by atoms with Crippen molar-refractivity contribution in [2.75, 3.05) is 13.1 Å². The number of hydrogen-bond donors (Lipinski definition) is 0. The van der Waals surface area contributed by atoms with Crippen molar-refractivity contribution in [1.82, 2.24) is 9.80 Å². The van der Waals surface area contributed by atoms with Gasteiger partial charge >= 0.3 is 0 Å². The van der Waals surface area contributed by atoms with Crippen LogP contribution in [0.15, 0.2) is 11.8 Å². The van der Waals surface area contributed by atoms with Crippen LogP contribution in [0.25, 0.3) is 0 Å². The molecule has 0 N–H and O–H groups in total. The number of likely N-dealkylation sites (N-methyl/N-ethyl adjacent to an activating group) is 2. The largest absolute Gasteiger partial charge is 0.314 e. The normalized spacial score (nSPS) is 20.7. The third-order valence-corrected chi connectivity index (χ3v) is 2.56. The van der Waals surface area contributed by atoms with E-state index in [1.165, 1.54) is 0 Å². The fourth-order valence-electron chi connectivity index (χ4n) is 1.45. The Balaban J connectivity index is 3.03. The van der Waals surface area contributed by atoms with Crippen molar-refractivity contribution in [3.8, 4) is 0 Å². The van der Waals surface area contributed by atoms with Crippen LogP contribution >= 0.6 is 12.2 Å². The van der Waals surface area contributed by atoms with Crippen LogP contribution < -0.4 is 0 Å². The van der Waals surface area contributed by atoms with Crippen molar-refractivity contribution in [1.29, 1.82) is 0 Å². The van der Waals surface area contributed by atoms with Crippen LogP contribution in [0.3, 0.4) is 0 Å². The van der Waals surface area contributed by atoms with Gasteiger partial charge in [0.05, 0.1) is 0 Å². The van der Waals surface area contributed by atoms with Gasteiger partial charge in [0.1, 0.15) is 5.70 Å². The predicted octanol–water partition coefficient (Wildman–Crippen LogP) is 1.36. The molecule has 72 valence electrons. The maximum absolute atomic E-state index is 11.7. The van der Waals surface area contributed by atoms with E-state index in [4.69, 9.17) is 12.2 Å². The summed E-state index contributed by atoms with van der Waals surface area (Å²) in [6.07, 6.45) is 1.81. The van der Waals surface area contributed by atoms with Crippen molar-refractivity contribution in [3.63, 3.8) is 0 Å². The third kappa shape index (κ3) is 1.46. The Hall–Kier alpha value is -0.900. The zero-order valence-corrected chi connectivity index (χ0v) is 9.02. The zero-order valence-electron chi connectivity index (χ0n) is 8.20. The number of amides is 1. The molecule has 4 heteroatoms. The summed E-state index contributed by atoms with van der Waals surface area (Å²) in [5, 5.41) is 0.628. The van der Waals surface area contributed by atoms with Crippen LogP contribution in [0, 0.1) is 0 Å². The molecule has 1 rings (SSSR count). The van der Waals surface area contributed by atoms with E-state index in [1.54, 1.807) is 4.90 Å². The molecule has 0 bridgehead atoms. The Bertz CT molecular complexity index is 273. The highest BCUT2D eigenvalue weighted by Gasteiger charge is 2.34. The van der Waals surface area contributed by atoms with Gasteiger partial charge < -0.3 is 4.90 Å². The van der Waals surface area contributed by atoms with Crippen LogP contribution in [0.2, 0.25) is 0 Å². The minimum Gasteiger partial charge on any atom is -0.314 e. The molecule has 0 aliphatic carbocycles. The molecule has 1 amide bonds. The van der Waals surface area contributed by atoms with Gasteiger partial charge in [0.2, 0.25) is 0 Å². The van der Waals surface area contributed by atoms with Crippen LogP contribution in [-0.4, -0.2) is 33.9 Å². The lowest BCUT2D eigenvalue weighted by Gasteiger charge is -2.16. The lowest BCUT2D eigenvalue weighted by Crippen LogP contribution is -2.32. The van der Waals surface area contributed by atoms with Crippen molar-refractivity contribution in [3.05, 3.63) is 11.8 Å². The first-order valence-electron chi connectivity index (χ1n) is 4.47. The predicted molar refractivity (Wildman–Crippen MR) is 56.1 cm³/mol. The third-order valence-electron chi connectivity index (χ3n) is 2.12. The average molecular weight is 198 g/mol. The van der Waals surface area contributed by atoms with Gasteiger partial charge in [0.25, 0.3) is 5.91 Å². The summed E-state index contributed by atoms with van der Waals surface area (Å²) < 4.78 is 0. The monoisotopic (exact) mass is 198 g/mol. The van der Waals surface area contributed by atoms with Crippen LogP contribution in [0.5, 0.6) is 0 Å². The van der Waals surface area contributed by atoms with Gasteiger partial charge in [-0.05, 0) is 33.0 Å². The van der Waals surface area contributed by atoms with E-state index in [9.17, 15) is 4.79 Å². The molecule has 13 heavy (non-hydrogen) atoms. The van der Waals surface area contributed by atoms with Crippen molar-refractivity contribution >= 4 is 23.2 Å². The molecule has 0 aromatic carbocycles. The average Bonchev–Trinajstić information content (AvgIpc) is 2.36. The van der Waals surface area contributed by atoms with Gasteiger partial charge in [-0.15, -0.1) is 0 Å². The quantitative estimate of drug-likeness (QED) is 0.494. The summed E-state index contributed by atoms with van der Waals surface area (Å²) in [5.74, 6) is 0.0249. The molecule has 1 aliphatic heterocycles. The van der Waals surface area contributed by atoms with E-state index >= 15 is 0 Å². The van der Waals surface area contributed by atoms with Crippen LogP contribution in [0.4, 0.5) is 0 Å². The molecule has 3 nitrogen and oxygen atoms in total. The maximum atomic E-state index is 11.7. The van der Waals surface area contributed by atoms with Gasteiger partial charge in [-0.1, -0.05) is 6.08 Å². The number of rotatable bonds is 2. The highest BCUT2D eigenvalue weighted by molar-refractivity contribution is 7.80. The number of thiocarbonyl (C=S) groups is 1. The molecular weight excluding hydrogens is 184 g/mol. The van der Waals surface area contributed by atoms with E-state index in [-0.39, 0.29) is 5.91 Å². The summed E-state index contributed by atoms with van der Waals surface area (Å²) in [7, 11) is 0. The van der Waals surface area contributed by atoms with Gasteiger partial charge in [-0.3, -0.25) is 9.69 Å². The first kappa shape index (κ1) is 10.2. The first-order chi connectivity index (χ1) is 6.17. The van der Waals surface area contributed by atoms with E-state index in [1.807, 2.05) is 31.7 Å². The lowest BCUT2D eigenvalue weighted by molar-refractivity contribution is -0.122. The van der Waals surface area contributed by atoms with E-state index in [0.717, 1.165) is 6.54 Å². The molecule has 0 aromatic rings. The van der Waals surface area contributed by atoms with Crippen molar-refractivity contribution < 1.29 is 4.79 Å².